The number of amides is 1. The highest BCUT2D eigenvalue weighted by Crippen LogP contribution is 2.30. The van der Waals surface area contributed by atoms with Gasteiger partial charge in [-0.15, -0.1) is 0 Å². The first-order chi connectivity index (χ1) is 11.0. The Morgan fingerprint density at radius 2 is 2.13 bits per heavy atom. The van der Waals surface area contributed by atoms with E-state index in [2.05, 4.69) is 10.1 Å². The number of aromatic nitrogens is 3. The van der Waals surface area contributed by atoms with Crippen molar-refractivity contribution in [1.82, 2.24) is 14.6 Å². The predicted molar refractivity (Wildman–Crippen MR) is 78.9 cm³/mol. The van der Waals surface area contributed by atoms with Gasteiger partial charge in [0.1, 0.15) is 11.3 Å². The van der Waals surface area contributed by atoms with Gasteiger partial charge in [0.05, 0.1) is 22.9 Å². The Morgan fingerprint density at radius 1 is 1.35 bits per heavy atom. The van der Waals surface area contributed by atoms with Crippen LogP contribution in [0.1, 0.15) is 6.92 Å². The zero-order chi connectivity index (χ0) is 16.6. The molecule has 0 N–H and O–H groups in total. The Balaban J connectivity index is 2.18. The molecule has 9 heteroatoms. The van der Waals surface area contributed by atoms with Crippen LogP contribution in [0.5, 0.6) is 0 Å². The van der Waals surface area contributed by atoms with E-state index in [1.165, 1.54) is 48.2 Å². The van der Waals surface area contributed by atoms with Crippen LogP contribution < -0.4 is 4.90 Å². The molecule has 3 rings (SSSR count). The number of fused-ring (bicyclic) bond motifs is 1. The Bertz CT molecular complexity index is 924. The number of pyridine rings is 2. The minimum atomic E-state index is -0.673. The average Bonchev–Trinajstić information content (AvgIpc) is 2.99. The van der Waals surface area contributed by atoms with E-state index in [0.29, 0.717) is 0 Å². The van der Waals surface area contributed by atoms with Crippen molar-refractivity contribution < 1.29 is 14.1 Å². The fourth-order valence-electron chi connectivity index (χ4n) is 2.22. The van der Waals surface area contributed by atoms with Gasteiger partial charge in [0, 0.05) is 25.4 Å². The van der Waals surface area contributed by atoms with E-state index in [0.717, 1.165) is 11.0 Å². The molecule has 0 spiro atoms. The molecule has 3 heterocycles. The van der Waals surface area contributed by atoms with Crippen LogP contribution in [-0.2, 0) is 4.79 Å². The van der Waals surface area contributed by atoms with Gasteiger partial charge in [-0.2, -0.15) is 5.10 Å². The van der Waals surface area contributed by atoms with Crippen LogP contribution in [0.3, 0.4) is 0 Å². The SMILES string of the molecule is CC(=O)N(c1cc([N+](=O)[O-])ccn1)c1ccn2nccc2c1F. The lowest BCUT2D eigenvalue weighted by molar-refractivity contribution is -0.384. The molecule has 0 unspecified atom stereocenters. The third kappa shape index (κ3) is 2.48. The maximum absolute atomic E-state index is 14.6. The highest BCUT2D eigenvalue weighted by atomic mass is 19.1. The summed E-state index contributed by atoms with van der Waals surface area (Å²) in [6.07, 6.45) is 4.10. The summed E-state index contributed by atoms with van der Waals surface area (Å²) in [6.45, 7) is 1.22. The van der Waals surface area contributed by atoms with Gasteiger partial charge >= 0.3 is 0 Å². The minimum Gasteiger partial charge on any atom is -0.274 e. The number of nitro groups is 1. The first-order valence-electron chi connectivity index (χ1n) is 6.52. The molecular formula is C14H10FN5O3. The molecule has 0 aliphatic rings. The van der Waals surface area contributed by atoms with Crippen LogP contribution in [-0.4, -0.2) is 25.4 Å². The van der Waals surface area contributed by atoms with Crippen LogP contribution in [0.2, 0.25) is 0 Å². The molecule has 3 aromatic heterocycles. The molecule has 8 nitrogen and oxygen atoms in total. The molecule has 0 bridgehead atoms. The monoisotopic (exact) mass is 315 g/mol. The second-order valence-electron chi connectivity index (χ2n) is 4.66. The first kappa shape index (κ1) is 14.6. The van der Waals surface area contributed by atoms with E-state index >= 15 is 0 Å². The van der Waals surface area contributed by atoms with Gasteiger partial charge in [-0.05, 0) is 12.1 Å². The van der Waals surface area contributed by atoms with Crippen molar-refractivity contribution >= 4 is 28.6 Å². The normalized spacial score (nSPS) is 10.7. The molecule has 0 aliphatic carbocycles. The van der Waals surface area contributed by atoms with Crippen LogP contribution in [0.15, 0.2) is 42.9 Å². The Morgan fingerprint density at radius 3 is 2.83 bits per heavy atom. The maximum atomic E-state index is 14.6. The van der Waals surface area contributed by atoms with Crippen molar-refractivity contribution in [2.24, 2.45) is 0 Å². The topological polar surface area (TPSA) is 93.6 Å². The van der Waals surface area contributed by atoms with Gasteiger partial charge in [0.25, 0.3) is 5.69 Å². The number of carbonyl (C=O) groups is 1. The zero-order valence-corrected chi connectivity index (χ0v) is 11.9. The molecule has 0 atom stereocenters. The average molecular weight is 315 g/mol. The van der Waals surface area contributed by atoms with Crippen molar-refractivity contribution in [3.63, 3.8) is 0 Å². The molecule has 0 aliphatic heterocycles. The molecule has 0 radical (unpaired) electrons. The third-order valence-electron chi connectivity index (χ3n) is 3.22. The van der Waals surface area contributed by atoms with E-state index in [-0.39, 0.29) is 22.7 Å². The summed E-state index contributed by atoms with van der Waals surface area (Å²) in [4.78, 5) is 27.2. The van der Waals surface area contributed by atoms with Crippen molar-refractivity contribution in [1.29, 1.82) is 0 Å². The molecular weight excluding hydrogens is 305 g/mol. The van der Waals surface area contributed by atoms with E-state index in [4.69, 9.17) is 0 Å². The van der Waals surface area contributed by atoms with E-state index in [1.807, 2.05) is 0 Å². The van der Waals surface area contributed by atoms with Crippen LogP contribution in [0.25, 0.3) is 5.52 Å². The van der Waals surface area contributed by atoms with Gasteiger partial charge in [-0.25, -0.2) is 13.9 Å². The summed E-state index contributed by atoms with van der Waals surface area (Å²) in [5, 5.41) is 14.8. The van der Waals surface area contributed by atoms with Gasteiger partial charge in [-0.1, -0.05) is 0 Å². The Kier molecular flexibility index (Phi) is 3.45. The van der Waals surface area contributed by atoms with Crippen molar-refractivity contribution in [2.45, 2.75) is 6.92 Å². The Hall–Kier alpha value is -3.36. The summed E-state index contributed by atoms with van der Waals surface area (Å²) in [5.41, 5.74) is -0.121. The second kappa shape index (κ2) is 5.44. The quantitative estimate of drug-likeness (QED) is 0.546. The number of anilines is 2. The van der Waals surface area contributed by atoms with Crippen molar-refractivity contribution in [3.05, 3.63) is 58.8 Å². The number of hydrogen-bond acceptors (Lipinski definition) is 5. The lowest BCUT2D eigenvalue weighted by Crippen LogP contribution is -2.25. The van der Waals surface area contributed by atoms with Gasteiger partial charge in [-0.3, -0.25) is 19.8 Å². The number of rotatable bonds is 3. The maximum Gasteiger partial charge on any atom is 0.274 e. The number of halogens is 1. The highest BCUT2D eigenvalue weighted by molar-refractivity contribution is 5.99. The van der Waals surface area contributed by atoms with Gasteiger partial charge in [0.15, 0.2) is 5.82 Å². The Labute approximate surface area is 128 Å². The molecule has 0 saturated carbocycles. The van der Waals surface area contributed by atoms with E-state index in [1.54, 1.807) is 0 Å². The standard InChI is InChI=1S/C14H10FN5O3/c1-9(21)19(13-8-10(20(22)23)2-5-16-13)12-4-7-18-11(14(12)15)3-6-17-18/h2-8H,1H3. The summed E-state index contributed by atoms with van der Waals surface area (Å²) in [7, 11) is 0. The summed E-state index contributed by atoms with van der Waals surface area (Å²) in [6, 6.07) is 5.12. The highest BCUT2D eigenvalue weighted by Gasteiger charge is 2.22. The van der Waals surface area contributed by atoms with E-state index < -0.39 is 16.6 Å². The first-order valence-corrected chi connectivity index (χ1v) is 6.52. The van der Waals surface area contributed by atoms with Crippen LogP contribution in [0, 0.1) is 15.9 Å². The summed E-state index contributed by atoms with van der Waals surface area (Å²) >= 11 is 0. The zero-order valence-electron chi connectivity index (χ0n) is 11.9. The minimum absolute atomic E-state index is 0.0329. The summed E-state index contributed by atoms with van der Waals surface area (Å²) in [5.74, 6) is -1.23. The van der Waals surface area contributed by atoms with Crippen LogP contribution in [0.4, 0.5) is 21.6 Å². The fourth-order valence-corrected chi connectivity index (χ4v) is 2.22. The molecule has 23 heavy (non-hydrogen) atoms. The smallest absolute Gasteiger partial charge is 0.274 e. The third-order valence-corrected chi connectivity index (χ3v) is 3.22. The summed E-state index contributed by atoms with van der Waals surface area (Å²) < 4.78 is 16.0. The van der Waals surface area contributed by atoms with Gasteiger partial charge < -0.3 is 0 Å². The predicted octanol–water partition coefficient (Wildman–Crippen LogP) is 2.46. The molecule has 0 fully saturated rings. The molecule has 116 valence electrons. The van der Waals surface area contributed by atoms with Crippen molar-refractivity contribution in [3.8, 4) is 0 Å². The van der Waals surface area contributed by atoms with Crippen LogP contribution >= 0.6 is 0 Å². The largest absolute Gasteiger partial charge is 0.274 e. The molecule has 0 aromatic carbocycles. The second-order valence-corrected chi connectivity index (χ2v) is 4.66. The molecule has 1 amide bonds. The number of nitrogens with zero attached hydrogens (tertiary/aromatic N) is 5. The number of carbonyl (C=O) groups excluding carboxylic acids is 1. The molecule has 0 saturated heterocycles. The fraction of sp³-hybridized carbons (Fsp3) is 0.0714. The number of hydrogen-bond donors (Lipinski definition) is 0. The lowest BCUT2D eigenvalue weighted by atomic mass is 10.2. The van der Waals surface area contributed by atoms with E-state index in [9.17, 15) is 19.3 Å². The van der Waals surface area contributed by atoms with Gasteiger partial charge in [0.2, 0.25) is 5.91 Å². The van der Waals surface area contributed by atoms with Crippen molar-refractivity contribution in [2.75, 3.05) is 4.90 Å². The lowest BCUT2D eigenvalue weighted by Gasteiger charge is -2.20. The molecule has 3 aromatic rings.